The van der Waals surface area contributed by atoms with Crippen molar-refractivity contribution >= 4 is 27.8 Å². The Kier molecular flexibility index (Phi) is 4.32. The molecule has 4 aromatic heterocycles. The second-order valence-corrected chi connectivity index (χ2v) is 7.96. The number of halogens is 1. The first kappa shape index (κ1) is 18.8. The number of pyridine rings is 1. The zero-order valence-electron chi connectivity index (χ0n) is 17.4. The van der Waals surface area contributed by atoms with Gasteiger partial charge in [0.1, 0.15) is 23.4 Å². The molecule has 32 heavy (non-hydrogen) atoms. The quantitative estimate of drug-likeness (QED) is 0.455. The number of hydrogen-bond acceptors (Lipinski definition) is 7. The van der Waals surface area contributed by atoms with Crippen LogP contribution in [0.3, 0.4) is 0 Å². The van der Waals surface area contributed by atoms with E-state index >= 15 is 4.39 Å². The van der Waals surface area contributed by atoms with Gasteiger partial charge in [-0.3, -0.25) is 5.10 Å². The van der Waals surface area contributed by atoms with Gasteiger partial charge in [-0.05, 0) is 25.2 Å². The lowest BCUT2D eigenvalue weighted by atomic mass is 10.0. The fraction of sp³-hybridized carbons (Fsp3) is 0.227. The number of piperazine rings is 1. The number of likely N-dealkylation sites (N-methyl/N-ethyl adjacent to an activating group) is 1. The van der Waals surface area contributed by atoms with E-state index in [2.05, 4.69) is 47.0 Å². The number of aromatic nitrogens is 7. The van der Waals surface area contributed by atoms with Crippen molar-refractivity contribution in [1.82, 2.24) is 40.0 Å². The molecule has 9 nitrogen and oxygen atoms in total. The lowest BCUT2D eigenvalue weighted by Gasteiger charge is -2.33. The first-order chi connectivity index (χ1) is 15.7. The summed E-state index contributed by atoms with van der Waals surface area (Å²) in [4.78, 5) is 25.2. The van der Waals surface area contributed by atoms with Crippen LogP contribution in [0.4, 0.5) is 10.2 Å². The SMILES string of the molecule is CN1CCN(c2nccc3[nH]c(-c4n[nH]c5ccc(-c6cncnc6)c(F)c45)nc23)CC1. The van der Waals surface area contributed by atoms with Crippen LogP contribution < -0.4 is 4.90 Å². The fourth-order valence-corrected chi connectivity index (χ4v) is 4.19. The normalized spacial score (nSPS) is 15.1. The van der Waals surface area contributed by atoms with Crippen molar-refractivity contribution < 1.29 is 4.39 Å². The van der Waals surface area contributed by atoms with Gasteiger partial charge in [0.05, 0.1) is 16.4 Å². The van der Waals surface area contributed by atoms with Gasteiger partial charge < -0.3 is 14.8 Å². The van der Waals surface area contributed by atoms with Crippen molar-refractivity contribution in [3.05, 3.63) is 48.9 Å². The maximum Gasteiger partial charge on any atom is 0.159 e. The predicted octanol–water partition coefficient (Wildman–Crippen LogP) is 2.85. The largest absolute Gasteiger partial charge is 0.352 e. The standard InChI is InChI=1S/C22H20FN9/c1-31-6-8-32(9-7-31)22-19-16(4-5-26-22)27-21(28-19)20-17-15(29-30-20)3-2-14(18(17)23)13-10-24-12-25-11-13/h2-5,10-12H,6-9H2,1H3,(H,27,28)(H,29,30). The Hall–Kier alpha value is -3.92. The molecule has 0 aliphatic carbocycles. The summed E-state index contributed by atoms with van der Waals surface area (Å²) in [5, 5.41) is 7.67. The van der Waals surface area contributed by atoms with Crippen LogP contribution in [0.25, 0.3) is 44.6 Å². The molecule has 1 aliphatic heterocycles. The number of aromatic amines is 2. The Morgan fingerprint density at radius 2 is 1.81 bits per heavy atom. The number of anilines is 1. The first-order valence-corrected chi connectivity index (χ1v) is 10.4. The highest BCUT2D eigenvalue weighted by molar-refractivity contribution is 5.97. The van der Waals surface area contributed by atoms with Crippen LogP contribution >= 0.6 is 0 Å². The van der Waals surface area contributed by atoms with E-state index in [0.717, 1.165) is 43.0 Å². The van der Waals surface area contributed by atoms with Crippen LogP contribution in [-0.2, 0) is 0 Å². The van der Waals surface area contributed by atoms with E-state index in [4.69, 9.17) is 4.98 Å². The number of benzene rings is 1. The van der Waals surface area contributed by atoms with Gasteiger partial charge in [0.15, 0.2) is 11.6 Å². The molecule has 6 rings (SSSR count). The van der Waals surface area contributed by atoms with Gasteiger partial charge in [0, 0.05) is 55.9 Å². The zero-order chi connectivity index (χ0) is 21.7. The molecule has 0 saturated carbocycles. The molecular formula is C22H20FN9. The molecule has 2 N–H and O–H groups in total. The lowest BCUT2D eigenvalue weighted by Crippen LogP contribution is -2.44. The Morgan fingerprint density at radius 3 is 2.62 bits per heavy atom. The zero-order valence-corrected chi connectivity index (χ0v) is 17.4. The molecule has 1 aromatic carbocycles. The van der Waals surface area contributed by atoms with Gasteiger partial charge in [-0.15, -0.1) is 0 Å². The van der Waals surface area contributed by atoms with Gasteiger partial charge >= 0.3 is 0 Å². The highest BCUT2D eigenvalue weighted by atomic mass is 19.1. The fourth-order valence-electron chi connectivity index (χ4n) is 4.19. The molecule has 5 heterocycles. The van der Waals surface area contributed by atoms with Crippen LogP contribution in [0.15, 0.2) is 43.1 Å². The van der Waals surface area contributed by atoms with Gasteiger partial charge in [-0.25, -0.2) is 24.3 Å². The van der Waals surface area contributed by atoms with Gasteiger partial charge in [0.25, 0.3) is 0 Å². The first-order valence-electron chi connectivity index (χ1n) is 10.4. The maximum absolute atomic E-state index is 15.6. The molecule has 0 unspecified atom stereocenters. The van der Waals surface area contributed by atoms with Crippen molar-refractivity contribution in [2.45, 2.75) is 0 Å². The molecule has 0 bridgehead atoms. The van der Waals surface area contributed by atoms with Crippen molar-refractivity contribution in [2.24, 2.45) is 0 Å². The van der Waals surface area contributed by atoms with Gasteiger partial charge in [-0.1, -0.05) is 0 Å². The highest BCUT2D eigenvalue weighted by Gasteiger charge is 2.22. The molecule has 1 aliphatic rings. The molecule has 160 valence electrons. The third-order valence-electron chi connectivity index (χ3n) is 5.95. The number of imidazole rings is 1. The number of H-pyrrole nitrogens is 2. The Labute approximate surface area is 182 Å². The third kappa shape index (κ3) is 2.99. The van der Waals surface area contributed by atoms with Gasteiger partial charge in [-0.2, -0.15) is 5.10 Å². The summed E-state index contributed by atoms with van der Waals surface area (Å²) in [6, 6.07) is 5.38. The molecule has 1 fully saturated rings. The second kappa shape index (κ2) is 7.34. The minimum atomic E-state index is -0.390. The molecule has 1 saturated heterocycles. The van der Waals surface area contributed by atoms with E-state index in [0.29, 0.717) is 33.5 Å². The summed E-state index contributed by atoms with van der Waals surface area (Å²) in [5.74, 6) is 0.939. The number of fused-ring (bicyclic) bond motifs is 2. The van der Waals surface area contributed by atoms with Crippen molar-refractivity contribution in [1.29, 1.82) is 0 Å². The number of nitrogens with zero attached hydrogens (tertiary/aromatic N) is 7. The molecule has 0 atom stereocenters. The minimum absolute atomic E-state index is 0.375. The molecular weight excluding hydrogens is 409 g/mol. The summed E-state index contributed by atoms with van der Waals surface area (Å²) in [5.41, 5.74) is 3.64. The summed E-state index contributed by atoms with van der Waals surface area (Å²) in [6.45, 7) is 3.70. The maximum atomic E-state index is 15.6. The minimum Gasteiger partial charge on any atom is -0.352 e. The van der Waals surface area contributed by atoms with E-state index in [1.54, 1.807) is 30.7 Å². The van der Waals surface area contributed by atoms with Crippen molar-refractivity contribution in [3.8, 4) is 22.6 Å². The smallest absolute Gasteiger partial charge is 0.159 e. The van der Waals surface area contributed by atoms with E-state index in [1.165, 1.54) is 6.33 Å². The average Bonchev–Trinajstić information content (AvgIpc) is 3.45. The number of hydrogen-bond donors (Lipinski definition) is 2. The molecule has 5 aromatic rings. The summed E-state index contributed by atoms with van der Waals surface area (Å²) in [6.07, 6.45) is 6.37. The summed E-state index contributed by atoms with van der Waals surface area (Å²) in [7, 11) is 2.12. The second-order valence-electron chi connectivity index (χ2n) is 7.96. The van der Waals surface area contributed by atoms with Gasteiger partial charge in [0.2, 0.25) is 0 Å². The van der Waals surface area contributed by atoms with E-state index in [9.17, 15) is 0 Å². The van der Waals surface area contributed by atoms with Crippen molar-refractivity contribution in [3.63, 3.8) is 0 Å². The molecule has 0 spiro atoms. The summed E-state index contributed by atoms with van der Waals surface area (Å²) < 4.78 is 15.6. The van der Waals surface area contributed by atoms with Crippen molar-refractivity contribution in [2.75, 3.05) is 38.1 Å². The topological polar surface area (TPSA) is 103 Å². The van der Waals surface area contributed by atoms with E-state index in [1.807, 2.05) is 6.07 Å². The van der Waals surface area contributed by atoms with Crippen LogP contribution in [0.2, 0.25) is 0 Å². The van der Waals surface area contributed by atoms with Crippen LogP contribution in [0.1, 0.15) is 0 Å². The van der Waals surface area contributed by atoms with Crippen LogP contribution in [0, 0.1) is 5.82 Å². The predicted molar refractivity (Wildman–Crippen MR) is 120 cm³/mol. The van der Waals surface area contributed by atoms with E-state index in [-0.39, 0.29) is 5.82 Å². The average molecular weight is 429 g/mol. The molecule has 0 amide bonds. The summed E-state index contributed by atoms with van der Waals surface area (Å²) >= 11 is 0. The highest BCUT2D eigenvalue weighted by Crippen LogP contribution is 2.34. The van der Waals surface area contributed by atoms with Crippen LogP contribution in [-0.4, -0.2) is 73.2 Å². The number of rotatable bonds is 3. The van der Waals surface area contributed by atoms with Crippen LogP contribution in [0.5, 0.6) is 0 Å². The Morgan fingerprint density at radius 1 is 1.00 bits per heavy atom. The Bertz CT molecular complexity index is 1420. The molecule has 10 heteroatoms. The Balaban J connectivity index is 1.48. The third-order valence-corrected chi connectivity index (χ3v) is 5.95. The van der Waals surface area contributed by atoms with E-state index < -0.39 is 0 Å². The molecule has 0 radical (unpaired) electrons. The monoisotopic (exact) mass is 429 g/mol. The lowest BCUT2D eigenvalue weighted by molar-refractivity contribution is 0.312. The number of nitrogens with one attached hydrogen (secondary N) is 2.